The Bertz CT molecular complexity index is 1090. The molecule has 0 bridgehead atoms. The molecule has 0 saturated heterocycles. The first kappa shape index (κ1) is 24.1. The molecule has 4 rings (SSSR count). The maximum absolute atomic E-state index is 12.5. The molecule has 8 nitrogen and oxygen atoms in total. The zero-order valence-electron chi connectivity index (χ0n) is 19.3. The Kier molecular flexibility index (Phi) is 7.11. The average Bonchev–Trinajstić information content (AvgIpc) is 3.21. The Morgan fingerprint density at radius 1 is 1.09 bits per heavy atom. The van der Waals surface area contributed by atoms with Crippen LogP contribution in [0.25, 0.3) is 11.2 Å². The first-order chi connectivity index (χ1) is 16.3. The van der Waals surface area contributed by atoms with E-state index in [0.29, 0.717) is 28.6 Å². The molecule has 184 valence electrons. The first-order valence-electron chi connectivity index (χ1n) is 11.6. The highest BCUT2D eigenvalue weighted by Crippen LogP contribution is 2.30. The van der Waals surface area contributed by atoms with Gasteiger partial charge in [0.1, 0.15) is 5.75 Å². The summed E-state index contributed by atoms with van der Waals surface area (Å²) in [7, 11) is 0. The lowest BCUT2D eigenvalue weighted by Gasteiger charge is -2.27. The number of anilines is 3. The Hall–Kier alpha value is -3.08. The van der Waals surface area contributed by atoms with Crippen LogP contribution in [0.4, 0.5) is 30.6 Å². The van der Waals surface area contributed by atoms with Gasteiger partial charge in [-0.3, -0.25) is 0 Å². The molecule has 1 aliphatic rings. The number of aromatic nitrogens is 4. The largest absolute Gasteiger partial charge is 0.573 e. The molecule has 0 radical (unpaired) electrons. The number of rotatable bonds is 8. The van der Waals surface area contributed by atoms with Gasteiger partial charge in [0.15, 0.2) is 17.0 Å². The predicted molar refractivity (Wildman–Crippen MR) is 125 cm³/mol. The zero-order chi connectivity index (χ0) is 24.3. The van der Waals surface area contributed by atoms with Crippen LogP contribution in [0, 0.1) is 0 Å². The number of alkyl halides is 3. The Labute approximate surface area is 196 Å². The highest BCUT2D eigenvalue weighted by atomic mass is 19.4. The van der Waals surface area contributed by atoms with E-state index in [-0.39, 0.29) is 23.9 Å². The molecule has 1 aromatic carbocycles. The topological polar surface area (TPSA) is 103 Å². The monoisotopic (exact) mass is 477 g/mol. The van der Waals surface area contributed by atoms with Crippen LogP contribution in [-0.4, -0.2) is 38.0 Å². The van der Waals surface area contributed by atoms with E-state index in [1.165, 1.54) is 24.3 Å². The van der Waals surface area contributed by atoms with Gasteiger partial charge in [-0.15, -0.1) is 13.2 Å². The van der Waals surface area contributed by atoms with E-state index in [9.17, 15) is 13.2 Å². The summed E-state index contributed by atoms with van der Waals surface area (Å²) in [4.78, 5) is 14.0. The lowest BCUT2D eigenvalue weighted by atomic mass is 9.92. The van der Waals surface area contributed by atoms with Crippen LogP contribution in [0.3, 0.4) is 0 Å². The molecule has 11 heteroatoms. The van der Waals surface area contributed by atoms with Gasteiger partial charge in [0.05, 0.1) is 6.33 Å². The number of hydrogen-bond acceptors (Lipinski definition) is 7. The van der Waals surface area contributed by atoms with Gasteiger partial charge in [-0.2, -0.15) is 9.97 Å². The van der Waals surface area contributed by atoms with Crippen LogP contribution >= 0.6 is 0 Å². The third-order valence-corrected chi connectivity index (χ3v) is 6.21. The van der Waals surface area contributed by atoms with Crippen molar-refractivity contribution in [1.82, 2.24) is 19.5 Å². The summed E-state index contributed by atoms with van der Waals surface area (Å²) in [5.41, 5.74) is 7.90. The van der Waals surface area contributed by atoms with Gasteiger partial charge >= 0.3 is 6.36 Å². The summed E-state index contributed by atoms with van der Waals surface area (Å²) >= 11 is 0. The second kappa shape index (κ2) is 10.0. The van der Waals surface area contributed by atoms with Gasteiger partial charge in [0.25, 0.3) is 0 Å². The number of nitrogens with one attached hydrogen (secondary N) is 2. The zero-order valence-corrected chi connectivity index (χ0v) is 19.3. The van der Waals surface area contributed by atoms with Crippen molar-refractivity contribution < 1.29 is 17.9 Å². The van der Waals surface area contributed by atoms with Crippen molar-refractivity contribution in [3.05, 3.63) is 30.6 Å². The minimum Gasteiger partial charge on any atom is -0.406 e. The van der Waals surface area contributed by atoms with Crippen LogP contribution in [0.5, 0.6) is 5.75 Å². The number of ether oxygens (including phenoxy) is 1. The molecule has 1 aliphatic carbocycles. The fourth-order valence-electron chi connectivity index (χ4n) is 4.34. The molecular formula is C23H30F3N7O. The number of nitrogens with zero attached hydrogens (tertiary/aromatic N) is 4. The summed E-state index contributed by atoms with van der Waals surface area (Å²) in [5, 5.41) is 6.63. The second-order valence-corrected chi connectivity index (χ2v) is 8.64. The number of hydrogen-bond donors (Lipinski definition) is 3. The lowest BCUT2D eigenvalue weighted by Crippen LogP contribution is -2.33. The van der Waals surface area contributed by atoms with Gasteiger partial charge < -0.3 is 25.7 Å². The Morgan fingerprint density at radius 2 is 1.76 bits per heavy atom. The van der Waals surface area contributed by atoms with E-state index in [0.717, 1.165) is 38.5 Å². The van der Waals surface area contributed by atoms with E-state index in [1.807, 2.05) is 0 Å². The maximum atomic E-state index is 12.5. The fourth-order valence-corrected chi connectivity index (χ4v) is 4.34. The summed E-state index contributed by atoms with van der Waals surface area (Å²) in [5.74, 6) is 0.677. The lowest BCUT2D eigenvalue weighted by molar-refractivity contribution is -0.274. The van der Waals surface area contributed by atoms with Crippen molar-refractivity contribution >= 4 is 28.6 Å². The molecule has 1 saturated carbocycles. The van der Waals surface area contributed by atoms with Gasteiger partial charge in [0, 0.05) is 23.8 Å². The van der Waals surface area contributed by atoms with Crippen molar-refractivity contribution in [2.24, 2.45) is 5.73 Å². The van der Waals surface area contributed by atoms with Gasteiger partial charge in [0.2, 0.25) is 5.95 Å². The molecular weight excluding hydrogens is 447 g/mol. The van der Waals surface area contributed by atoms with Gasteiger partial charge in [-0.1, -0.05) is 13.8 Å². The van der Waals surface area contributed by atoms with E-state index >= 15 is 0 Å². The molecule has 0 amide bonds. The molecule has 0 atom stereocenters. The molecule has 1 fully saturated rings. The molecule has 4 N–H and O–H groups in total. The molecule has 2 heterocycles. The summed E-state index contributed by atoms with van der Waals surface area (Å²) in [6.45, 7) is 4.24. The van der Waals surface area contributed by atoms with E-state index in [4.69, 9.17) is 10.7 Å². The van der Waals surface area contributed by atoms with Crippen molar-refractivity contribution in [3.8, 4) is 5.75 Å². The predicted octanol–water partition coefficient (Wildman–Crippen LogP) is 5.51. The molecule has 0 aliphatic heterocycles. The van der Waals surface area contributed by atoms with E-state index < -0.39 is 6.36 Å². The SMILES string of the molecule is CCC(CC)n1cnc2c(Nc3ccc(OC(F)(F)F)cc3)nc(N[C@H]3CC[C@H](N)CC3)nc21. The summed E-state index contributed by atoms with van der Waals surface area (Å²) in [6, 6.07) is 6.22. The van der Waals surface area contributed by atoms with E-state index in [1.54, 1.807) is 6.33 Å². The van der Waals surface area contributed by atoms with Gasteiger partial charge in [-0.05, 0) is 62.8 Å². The number of halogens is 3. The molecule has 0 unspecified atom stereocenters. The third-order valence-electron chi connectivity index (χ3n) is 6.21. The van der Waals surface area contributed by atoms with Gasteiger partial charge in [-0.25, -0.2) is 4.98 Å². The third kappa shape index (κ3) is 5.69. The molecule has 0 spiro atoms. The second-order valence-electron chi connectivity index (χ2n) is 8.64. The van der Waals surface area contributed by atoms with Crippen molar-refractivity contribution in [3.63, 3.8) is 0 Å². The van der Waals surface area contributed by atoms with Crippen LogP contribution in [0.1, 0.15) is 58.4 Å². The van der Waals surface area contributed by atoms with Crippen LogP contribution < -0.4 is 21.1 Å². The number of imidazole rings is 1. The standard InChI is InChI=1S/C23H30F3N7O/c1-3-17(4-2)33-13-28-19-20(29-15-9-11-18(12-10-15)34-23(24,25)26)31-22(32-21(19)33)30-16-7-5-14(27)6-8-16/h9-14,16-17H,3-8,27H2,1-2H3,(H2,29,30,31,32)/t14-,16-. The minimum absolute atomic E-state index is 0.230. The van der Waals surface area contributed by atoms with Crippen LogP contribution in [-0.2, 0) is 0 Å². The maximum Gasteiger partial charge on any atom is 0.573 e. The normalized spacial score (nSPS) is 18.9. The Morgan fingerprint density at radius 3 is 2.38 bits per heavy atom. The summed E-state index contributed by atoms with van der Waals surface area (Å²) < 4.78 is 43.4. The van der Waals surface area contributed by atoms with Crippen molar-refractivity contribution in [2.45, 2.75) is 76.9 Å². The minimum atomic E-state index is -4.74. The molecule has 34 heavy (non-hydrogen) atoms. The quantitative estimate of drug-likeness (QED) is 0.393. The van der Waals surface area contributed by atoms with Crippen molar-refractivity contribution in [2.75, 3.05) is 10.6 Å². The average molecular weight is 478 g/mol. The van der Waals surface area contributed by atoms with Crippen LogP contribution in [0.2, 0.25) is 0 Å². The first-order valence-corrected chi connectivity index (χ1v) is 11.6. The fraction of sp³-hybridized carbons (Fsp3) is 0.522. The number of nitrogens with two attached hydrogens (primary N) is 1. The molecule has 3 aromatic rings. The highest BCUT2D eigenvalue weighted by Gasteiger charge is 2.31. The highest BCUT2D eigenvalue weighted by molar-refractivity contribution is 5.86. The van der Waals surface area contributed by atoms with Crippen LogP contribution in [0.15, 0.2) is 30.6 Å². The molecule has 2 aromatic heterocycles. The number of fused-ring (bicyclic) bond motifs is 1. The summed E-state index contributed by atoms with van der Waals surface area (Å²) in [6.07, 6.45) is 2.67. The smallest absolute Gasteiger partial charge is 0.406 e. The van der Waals surface area contributed by atoms with Crippen molar-refractivity contribution in [1.29, 1.82) is 0 Å². The Balaban J connectivity index is 1.65. The van der Waals surface area contributed by atoms with E-state index in [2.05, 4.69) is 43.8 Å². The number of benzene rings is 1.